The molecule has 3 aromatic heterocycles. The van der Waals surface area contributed by atoms with E-state index in [0.717, 1.165) is 42.3 Å². The van der Waals surface area contributed by atoms with Crippen molar-refractivity contribution >= 4 is 22.8 Å². The summed E-state index contributed by atoms with van der Waals surface area (Å²) in [5.41, 5.74) is 5.90. The zero-order valence-corrected chi connectivity index (χ0v) is 17.1. The maximum Gasteiger partial charge on any atom is 0.117 e. The molecule has 0 amide bonds. The number of hydrogen-bond acceptors (Lipinski definition) is 6. The van der Waals surface area contributed by atoms with Crippen molar-refractivity contribution < 1.29 is 0 Å². The van der Waals surface area contributed by atoms with Crippen molar-refractivity contribution in [1.29, 1.82) is 0 Å². The lowest BCUT2D eigenvalue weighted by Gasteiger charge is -2.26. The van der Waals surface area contributed by atoms with Gasteiger partial charge in [-0.05, 0) is 49.7 Å². The fourth-order valence-corrected chi connectivity index (χ4v) is 3.68. The topological polar surface area (TPSA) is 81.8 Å². The third-order valence-corrected chi connectivity index (χ3v) is 5.15. The van der Waals surface area contributed by atoms with E-state index in [-0.39, 0.29) is 0 Å². The van der Waals surface area contributed by atoms with Crippen LogP contribution in [-0.4, -0.2) is 38.2 Å². The molecule has 0 spiro atoms. The summed E-state index contributed by atoms with van der Waals surface area (Å²) in [7, 11) is 0. The first-order valence-corrected chi connectivity index (χ1v) is 10.2. The quantitative estimate of drug-likeness (QED) is 0.521. The van der Waals surface area contributed by atoms with Crippen LogP contribution in [0.5, 0.6) is 0 Å². The Morgan fingerprint density at radius 1 is 1.00 bits per heavy atom. The molecule has 0 bridgehead atoms. The van der Waals surface area contributed by atoms with Crippen LogP contribution in [0.4, 0.5) is 11.4 Å². The van der Waals surface area contributed by atoms with E-state index in [2.05, 4.69) is 54.9 Å². The highest BCUT2D eigenvalue weighted by atomic mass is 15.1. The summed E-state index contributed by atoms with van der Waals surface area (Å²) in [5.74, 6) is 0. The number of hydrogen-bond donors (Lipinski definition) is 3. The molecule has 1 aliphatic rings. The molecule has 1 fully saturated rings. The Kier molecular flexibility index (Phi) is 6.20. The number of H-pyrrole nitrogens is 1. The van der Waals surface area contributed by atoms with Crippen LogP contribution in [0, 0.1) is 0 Å². The second-order valence-corrected chi connectivity index (χ2v) is 7.52. The fourth-order valence-electron chi connectivity index (χ4n) is 3.68. The minimum Gasteiger partial charge on any atom is -0.354 e. The van der Waals surface area contributed by atoms with Crippen molar-refractivity contribution in [3.63, 3.8) is 0 Å². The van der Waals surface area contributed by atoms with Crippen LogP contribution in [0.15, 0.2) is 62.3 Å². The molecular formula is C23H27N7. The first-order chi connectivity index (χ1) is 14.7. The van der Waals surface area contributed by atoms with Crippen molar-refractivity contribution in [2.75, 3.05) is 23.7 Å². The van der Waals surface area contributed by atoms with E-state index in [1.807, 2.05) is 30.7 Å². The number of anilines is 2. The Morgan fingerprint density at radius 3 is 2.60 bits per heavy atom. The van der Waals surface area contributed by atoms with Crippen LogP contribution < -0.4 is 10.6 Å². The summed E-state index contributed by atoms with van der Waals surface area (Å²) in [6.07, 6.45) is 12.9. The number of likely N-dealkylation sites (tertiary alicyclic amines) is 1. The molecule has 4 heterocycles. The van der Waals surface area contributed by atoms with Crippen molar-refractivity contribution in [3.05, 3.63) is 79.2 Å². The number of nitrogens with zero attached hydrogens (tertiary/aromatic N) is 4. The highest BCUT2D eigenvalue weighted by Crippen LogP contribution is 2.25. The largest absolute Gasteiger partial charge is 0.354 e. The molecule has 0 aliphatic carbocycles. The summed E-state index contributed by atoms with van der Waals surface area (Å²) in [6.45, 7) is 11.6. The number of rotatable bonds is 8. The molecule has 7 heteroatoms. The molecule has 0 aromatic carbocycles. The third-order valence-electron chi connectivity index (χ3n) is 5.15. The lowest BCUT2D eigenvalue weighted by molar-refractivity contribution is 0.220. The van der Waals surface area contributed by atoms with Crippen LogP contribution in [0.2, 0.25) is 0 Å². The summed E-state index contributed by atoms with van der Waals surface area (Å²) < 4.78 is 0. The van der Waals surface area contributed by atoms with Gasteiger partial charge in [0.05, 0.1) is 29.5 Å². The highest BCUT2D eigenvalue weighted by molar-refractivity contribution is 5.84. The monoisotopic (exact) mass is 401 g/mol. The Balaban J connectivity index is 1.43. The predicted octanol–water partition coefficient (Wildman–Crippen LogP) is 4.35. The van der Waals surface area contributed by atoms with Gasteiger partial charge in [-0.15, -0.1) is 0 Å². The van der Waals surface area contributed by atoms with Crippen molar-refractivity contribution in [2.45, 2.75) is 25.8 Å². The molecule has 30 heavy (non-hydrogen) atoms. The van der Waals surface area contributed by atoms with Gasteiger partial charge in [0, 0.05) is 36.4 Å². The van der Waals surface area contributed by atoms with Gasteiger partial charge < -0.3 is 10.6 Å². The zero-order chi connectivity index (χ0) is 20.8. The van der Waals surface area contributed by atoms with Crippen LogP contribution in [-0.2, 0) is 6.54 Å². The summed E-state index contributed by atoms with van der Waals surface area (Å²) in [4.78, 5) is 11.0. The van der Waals surface area contributed by atoms with E-state index in [4.69, 9.17) is 0 Å². The second-order valence-electron chi connectivity index (χ2n) is 7.52. The molecule has 4 rings (SSSR count). The highest BCUT2D eigenvalue weighted by Gasteiger charge is 2.14. The molecule has 0 unspecified atom stereocenters. The molecular weight excluding hydrogens is 374 g/mol. The standard InChI is InChI=1S/C23H27N7/c1-17(22-15-26-29-23(22)18(2)28-20-7-6-8-24-13-20)27-21-11-19(12-25-14-21)16-30-9-4-3-5-10-30/h6-8,11-15,27-28H,1-5,9-10,16H2,(H,26,29). The number of pyridine rings is 2. The lowest BCUT2D eigenvalue weighted by atomic mass is 10.1. The van der Waals surface area contributed by atoms with Gasteiger partial charge in [0.1, 0.15) is 5.69 Å². The fraction of sp³-hybridized carbons (Fsp3) is 0.261. The van der Waals surface area contributed by atoms with Crippen LogP contribution in [0.25, 0.3) is 11.4 Å². The smallest absolute Gasteiger partial charge is 0.117 e. The van der Waals surface area contributed by atoms with Gasteiger partial charge in [-0.2, -0.15) is 5.10 Å². The normalized spacial score (nSPS) is 14.3. The van der Waals surface area contributed by atoms with E-state index < -0.39 is 0 Å². The number of nitrogens with one attached hydrogen (secondary N) is 3. The molecule has 1 saturated heterocycles. The van der Waals surface area contributed by atoms with Crippen LogP contribution >= 0.6 is 0 Å². The van der Waals surface area contributed by atoms with Gasteiger partial charge in [0.25, 0.3) is 0 Å². The van der Waals surface area contributed by atoms with Crippen LogP contribution in [0.1, 0.15) is 36.1 Å². The summed E-state index contributed by atoms with van der Waals surface area (Å²) in [6, 6.07) is 5.93. The first-order valence-electron chi connectivity index (χ1n) is 10.2. The number of aromatic nitrogens is 4. The van der Waals surface area contributed by atoms with Gasteiger partial charge in [-0.25, -0.2) is 0 Å². The Morgan fingerprint density at radius 2 is 1.80 bits per heavy atom. The van der Waals surface area contributed by atoms with Gasteiger partial charge in [0.15, 0.2) is 0 Å². The van der Waals surface area contributed by atoms with Crippen molar-refractivity contribution in [2.24, 2.45) is 0 Å². The second kappa shape index (κ2) is 9.37. The Bertz CT molecular complexity index is 1000. The number of piperidine rings is 1. The molecule has 1 aliphatic heterocycles. The van der Waals surface area contributed by atoms with Crippen LogP contribution in [0.3, 0.4) is 0 Å². The summed E-state index contributed by atoms with van der Waals surface area (Å²) >= 11 is 0. The molecule has 0 saturated carbocycles. The minimum atomic E-state index is 0.666. The molecule has 3 N–H and O–H groups in total. The zero-order valence-electron chi connectivity index (χ0n) is 17.1. The molecule has 3 aromatic rings. The van der Waals surface area contributed by atoms with E-state index in [1.165, 1.54) is 24.8 Å². The third kappa shape index (κ3) is 4.93. The average Bonchev–Trinajstić information content (AvgIpc) is 3.26. The van der Waals surface area contributed by atoms with Gasteiger partial charge in [-0.3, -0.25) is 20.0 Å². The van der Waals surface area contributed by atoms with Gasteiger partial charge in [-0.1, -0.05) is 19.6 Å². The summed E-state index contributed by atoms with van der Waals surface area (Å²) in [5, 5.41) is 13.8. The maximum atomic E-state index is 4.41. The Hall–Kier alpha value is -3.45. The lowest BCUT2D eigenvalue weighted by Crippen LogP contribution is -2.29. The van der Waals surface area contributed by atoms with Crippen molar-refractivity contribution in [1.82, 2.24) is 25.1 Å². The van der Waals surface area contributed by atoms with E-state index >= 15 is 0 Å². The molecule has 7 nitrogen and oxygen atoms in total. The van der Waals surface area contributed by atoms with Gasteiger partial charge >= 0.3 is 0 Å². The molecule has 154 valence electrons. The molecule has 0 atom stereocenters. The average molecular weight is 402 g/mol. The van der Waals surface area contributed by atoms with E-state index in [1.54, 1.807) is 12.4 Å². The van der Waals surface area contributed by atoms with E-state index in [0.29, 0.717) is 11.4 Å². The minimum absolute atomic E-state index is 0.666. The number of aromatic amines is 1. The first kappa shape index (κ1) is 19.8. The van der Waals surface area contributed by atoms with Crippen molar-refractivity contribution in [3.8, 4) is 0 Å². The maximum absolute atomic E-state index is 4.41. The predicted molar refractivity (Wildman–Crippen MR) is 122 cm³/mol. The SMILES string of the molecule is C=C(Nc1cncc(CN2CCCCC2)c1)c1c[nH]nc1C(=C)Nc1cccnc1. The molecule has 0 radical (unpaired) electrons. The van der Waals surface area contributed by atoms with E-state index in [9.17, 15) is 0 Å². The Labute approximate surface area is 177 Å². The van der Waals surface area contributed by atoms with Gasteiger partial charge in [0.2, 0.25) is 0 Å².